The third kappa shape index (κ3) is 30.1. The monoisotopic (exact) mass is 237 g/mol. The second-order valence-corrected chi connectivity index (χ2v) is 0. The van der Waals surface area contributed by atoms with Crippen LogP contribution in [0.3, 0.4) is 0 Å². The summed E-state index contributed by atoms with van der Waals surface area (Å²) in [7, 11) is 4.13. The number of hydrogen-bond donors (Lipinski definition) is 0. The minimum atomic E-state index is 0. The molecule has 0 N–H and O–H groups in total. The molecule has 0 rings (SSSR count). The van der Waals surface area contributed by atoms with Gasteiger partial charge in [0.15, 0.2) is 0 Å². The Morgan fingerprint density at radius 2 is 1.00 bits per heavy atom. The summed E-state index contributed by atoms with van der Waals surface area (Å²) in [5.41, 5.74) is 0. The standard InChI is InChI=1S/Cr.2O.S.Sb/q+3;2*-2;;+1. The first-order valence-electron chi connectivity index (χ1n) is 0.183. The van der Waals surface area contributed by atoms with Gasteiger partial charge in [0.05, 0.1) is 0 Å². The molecule has 29 valence electrons. The summed E-state index contributed by atoms with van der Waals surface area (Å²) in [6.45, 7) is 0. The van der Waals surface area contributed by atoms with Crippen molar-refractivity contribution < 1.29 is 28.3 Å². The molecule has 0 aliphatic heterocycles. The molecule has 0 atom stereocenters. The predicted molar refractivity (Wildman–Crippen MR) is 14.7 cm³/mol. The van der Waals surface area contributed by atoms with E-state index in [-0.39, 0.29) is 28.3 Å². The van der Waals surface area contributed by atoms with Crippen LogP contribution in [0.15, 0.2) is 0 Å². The Morgan fingerprint density at radius 3 is 1.00 bits per heavy atom. The van der Waals surface area contributed by atoms with Crippen LogP contribution in [0.1, 0.15) is 0 Å². The third-order valence-corrected chi connectivity index (χ3v) is 0. The zero-order valence-electron chi connectivity index (χ0n) is 2.08. The van der Waals surface area contributed by atoms with Gasteiger partial charge in [0, 0.05) is 0 Å². The van der Waals surface area contributed by atoms with E-state index in [2.05, 4.69) is 9.19 Å². The molecule has 5 heavy (non-hydrogen) atoms. The molecule has 3 radical (unpaired) electrons. The van der Waals surface area contributed by atoms with Crippen molar-refractivity contribution in [3.8, 4) is 0 Å². The fourth-order valence-corrected chi connectivity index (χ4v) is 0. The molecule has 5 heteroatoms. The van der Waals surface area contributed by atoms with Crippen LogP contribution >= 0.6 is 9.19 Å². The second kappa shape index (κ2) is 49.8. The van der Waals surface area contributed by atoms with Gasteiger partial charge in [-0.2, -0.15) is 0 Å². The van der Waals surface area contributed by atoms with Crippen molar-refractivity contribution in [1.29, 1.82) is 0 Å². The van der Waals surface area contributed by atoms with E-state index >= 15 is 0 Å². The molecule has 0 aliphatic carbocycles. The zero-order chi connectivity index (χ0) is 2.00. The fourth-order valence-electron chi connectivity index (χ4n) is 0. The molecule has 0 aromatic heterocycles. The van der Waals surface area contributed by atoms with E-state index in [0.717, 1.165) is 0 Å². The van der Waals surface area contributed by atoms with Gasteiger partial charge in [0.25, 0.3) is 0 Å². The summed E-state index contributed by atoms with van der Waals surface area (Å²) >= 11 is 1.33. The molecule has 0 amide bonds. The molecule has 0 aromatic rings. The van der Waals surface area contributed by atoms with Gasteiger partial charge in [-0.15, -0.1) is 0 Å². The molecule has 0 aromatic carbocycles. The molecule has 2 nitrogen and oxygen atoms in total. The Morgan fingerprint density at radius 1 is 1.00 bits per heavy atom. The van der Waals surface area contributed by atoms with Crippen LogP contribution in [-0.4, -0.2) is 21.1 Å². The quantitative estimate of drug-likeness (QED) is 0.549. The van der Waals surface area contributed by atoms with E-state index in [4.69, 9.17) is 0 Å². The second-order valence-electron chi connectivity index (χ2n) is 0. The van der Waals surface area contributed by atoms with Crippen molar-refractivity contribution in [1.82, 2.24) is 0 Å². The van der Waals surface area contributed by atoms with Gasteiger partial charge in [0.1, 0.15) is 0 Å². The van der Waals surface area contributed by atoms with E-state index in [1.54, 1.807) is 0 Å². The Kier molecular flexibility index (Phi) is 314. The van der Waals surface area contributed by atoms with E-state index in [1.807, 2.05) is 0 Å². The van der Waals surface area contributed by atoms with Crippen molar-refractivity contribution >= 4 is 30.2 Å². The van der Waals surface area contributed by atoms with Crippen molar-refractivity contribution in [2.45, 2.75) is 0 Å². The van der Waals surface area contributed by atoms with Crippen LogP contribution in [0.5, 0.6) is 0 Å². The molecule has 0 heterocycles. The van der Waals surface area contributed by atoms with Gasteiger partial charge < -0.3 is 11.0 Å². The van der Waals surface area contributed by atoms with Gasteiger partial charge >= 0.3 is 47.6 Å². The van der Waals surface area contributed by atoms with Gasteiger partial charge in [-0.25, -0.2) is 0 Å². The topological polar surface area (TPSA) is 57.0 Å². The number of rotatable bonds is 0. The van der Waals surface area contributed by atoms with E-state index in [0.29, 0.717) is 0 Å². The SMILES string of the molecule is [Cr+3].[O-2].[O-2].[S]=[Sb+]. The Labute approximate surface area is 58.3 Å². The van der Waals surface area contributed by atoms with Crippen LogP contribution < -0.4 is 0 Å². The predicted octanol–water partition coefficient (Wildman–Crippen LogP) is 0.0273. The van der Waals surface area contributed by atoms with Crippen LogP contribution in [-0.2, 0) is 28.3 Å². The van der Waals surface area contributed by atoms with E-state index < -0.39 is 0 Å². The van der Waals surface area contributed by atoms with Gasteiger partial charge in [0.2, 0.25) is 0 Å². The minimum absolute atomic E-state index is 0. The van der Waals surface area contributed by atoms with Crippen LogP contribution in [0.2, 0.25) is 0 Å². The summed E-state index contributed by atoms with van der Waals surface area (Å²) in [5.74, 6) is 0. The summed E-state index contributed by atoms with van der Waals surface area (Å²) in [4.78, 5) is 0. The molecular weight excluding hydrogens is 238 g/mol. The molecule has 0 saturated carbocycles. The van der Waals surface area contributed by atoms with Gasteiger partial charge in [-0.3, -0.25) is 0 Å². The first kappa shape index (κ1) is 31.5. The van der Waals surface area contributed by atoms with Gasteiger partial charge in [-0.05, 0) is 0 Å². The maximum absolute atomic E-state index is 4.13. The molecule has 0 fully saturated rings. The molecule has 0 saturated heterocycles. The van der Waals surface area contributed by atoms with Crippen LogP contribution in [0, 0.1) is 0 Å². The van der Waals surface area contributed by atoms with Crippen molar-refractivity contribution in [2.24, 2.45) is 0 Å². The summed E-state index contributed by atoms with van der Waals surface area (Å²) < 4.78 is 0. The zero-order valence-corrected chi connectivity index (χ0v) is 6.72. The first-order valence-corrected chi connectivity index (χ1v) is 3.67. The van der Waals surface area contributed by atoms with Gasteiger partial charge in [-0.1, -0.05) is 0 Å². The third-order valence-electron chi connectivity index (χ3n) is 0. The van der Waals surface area contributed by atoms with Crippen molar-refractivity contribution in [2.75, 3.05) is 0 Å². The molecule has 0 unspecified atom stereocenters. The average molecular weight is 238 g/mol. The number of hydrogen-bond acceptors (Lipinski definition) is 1. The van der Waals surface area contributed by atoms with Crippen molar-refractivity contribution in [3.63, 3.8) is 0 Å². The van der Waals surface area contributed by atoms with Crippen LogP contribution in [0.4, 0.5) is 0 Å². The Bertz CT molecular complexity index is 9.61. The Hall–Kier alpha value is 1.49. The first-order chi connectivity index (χ1) is 1.00. The maximum atomic E-state index is 4.13. The van der Waals surface area contributed by atoms with E-state index in [9.17, 15) is 0 Å². The van der Waals surface area contributed by atoms with E-state index in [1.165, 1.54) is 21.1 Å². The fraction of sp³-hybridized carbons (Fsp3) is 0. The molecular formula is CrO2SSb. The van der Waals surface area contributed by atoms with Crippen molar-refractivity contribution in [3.05, 3.63) is 0 Å². The molecule has 0 spiro atoms. The average Bonchev–Trinajstić information content (AvgIpc) is 1.00. The Balaban J connectivity index is -0.00000000167. The summed E-state index contributed by atoms with van der Waals surface area (Å²) in [6.07, 6.45) is 0. The summed E-state index contributed by atoms with van der Waals surface area (Å²) in [6, 6.07) is 0. The van der Waals surface area contributed by atoms with Crippen LogP contribution in [0.25, 0.3) is 0 Å². The summed E-state index contributed by atoms with van der Waals surface area (Å²) in [5, 5.41) is 0. The normalized spacial score (nSPS) is 0.800. The molecule has 0 bridgehead atoms. The molecule has 0 aliphatic rings.